The maximum Gasteiger partial charge on any atom is 0.168 e. The van der Waals surface area contributed by atoms with Gasteiger partial charge in [0.2, 0.25) is 0 Å². The van der Waals surface area contributed by atoms with E-state index >= 15 is 0 Å². The van der Waals surface area contributed by atoms with Crippen LogP contribution in [0.15, 0.2) is 42.5 Å². The normalized spacial score (nSPS) is 10.1. The van der Waals surface area contributed by atoms with Crippen molar-refractivity contribution in [1.82, 2.24) is 0 Å². The topological polar surface area (TPSA) is 59.1 Å². The van der Waals surface area contributed by atoms with Crippen LogP contribution in [0, 0.1) is 18.2 Å². The molecule has 0 aliphatic carbocycles. The molecule has 0 heterocycles. The number of amidine groups is 1. The molecule has 0 saturated carbocycles. The zero-order chi connectivity index (χ0) is 13.1. The zero-order valence-corrected chi connectivity index (χ0v) is 9.91. The van der Waals surface area contributed by atoms with Gasteiger partial charge < -0.3 is 10.5 Å². The average molecular weight is 244 g/mol. The van der Waals surface area contributed by atoms with Gasteiger partial charge in [-0.15, -0.1) is 0 Å². The van der Waals surface area contributed by atoms with E-state index in [2.05, 4.69) is 0 Å². The van der Waals surface area contributed by atoms with E-state index in [-0.39, 0.29) is 17.4 Å². The number of rotatable bonds is 3. The largest absolute Gasteiger partial charge is 0.454 e. The van der Waals surface area contributed by atoms with Crippen LogP contribution in [0.5, 0.6) is 11.5 Å². The van der Waals surface area contributed by atoms with E-state index in [9.17, 15) is 4.39 Å². The molecule has 0 radical (unpaired) electrons. The summed E-state index contributed by atoms with van der Waals surface area (Å²) in [5, 5.41) is 7.27. The van der Waals surface area contributed by atoms with Crippen LogP contribution in [0.4, 0.5) is 4.39 Å². The van der Waals surface area contributed by atoms with E-state index in [4.69, 9.17) is 15.9 Å². The number of nitrogen functional groups attached to an aromatic ring is 1. The molecule has 0 amide bonds. The molecule has 3 nitrogen and oxygen atoms in total. The maximum atomic E-state index is 13.7. The molecule has 0 aliphatic heterocycles. The van der Waals surface area contributed by atoms with Crippen LogP contribution in [0.2, 0.25) is 0 Å². The first-order chi connectivity index (χ1) is 8.58. The number of hydrogen-bond donors (Lipinski definition) is 2. The molecule has 2 aromatic carbocycles. The summed E-state index contributed by atoms with van der Waals surface area (Å²) in [4.78, 5) is 0. The number of halogens is 1. The lowest BCUT2D eigenvalue weighted by Crippen LogP contribution is -2.10. The summed E-state index contributed by atoms with van der Waals surface area (Å²) in [5.41, 5.74) is 6.48. The quantitative estimate of drug-likeness (QED) is 0.643. The molecular weight excluding hydrogens is 231 g/mol. The lowest BCUT2D eigenvalue weighted by Gasteiger charge is -2.08. The van der Waals surface area contributed by atoms with Crippen molar-refractivity contribution >= 4 is 5.84 Å². The van der Waals surface area contributed by atoms with Crippen LogP contribution in [-0.4, -0.2) is 5.84 Å². The van der Waals surface area contributed by atoms with Gasteiger partial charge in [0.05, 0.1) is 0 Å². The van der Waals surface area contributed by atoms with E-state index in [0.717, 1.165) is 0 Å². The molecule has 2 rings (SSSR count). The fraction of sp³-hybridized carbons (Fsp3) is 0.0714. The third-order valence-corrected chi connectivity index (χ3v) is 2.55. The molecule has 18 heavy (non-hydrogen) atoms. The van der Waals surface area contributed by atoms with Crippen LogP contribution in [-0.2, 0) is 0 Å². The number of ether oxygens (including phenoxy) is 1. The Morgan fingerprint density at radius 2 is 1.83 bits per heavy atom. The first-order valence-electron chi connectivity index (χ1n) is 5.45. The summed E-state index contributed by atoms with van der Waals surface area (Å²) < 4.78 is 19.2. The lowest BCUT2D eigenvalue weighted by atomic mass is 10.2. The summed E-state index contributed by atoms with van der Waals surface area (Å²) in [6.45, 7) is 1.68. The molecule has 0 unspecified atom stereocenters. The molecule has 0 aliphatic rings. The van der Waals surface area contributed by atoms with Gasteiger partial charge in [0, 0.05) is 5.56 Å². The van der Waals surface area contributed by atoms with Crippen molar-refractivity contribution < 1.29 is 9.13 Å². The molecule has 0 aromatic heterocycles. The Bertz CT molecular complexity index is 579. The zero-order valence-electron chi connectivity index (χ0n) is 9.91. The Labute approximate surface area is 105 Å². The number of benzene rings is 2. The van der Waals surface area contributed by atoms with Gasteiger partial charge in [-0.05, 0) is 42.8 Å². The van der Waals surface area contributed by atoms with Gasteiger partial charge in [0.1, 0.15) is 11.6 Å². The third-order valence-electron chi connectivity index (χ3n) is 2.55. The monoisotopic (exact) mass is 244 g/mol. The van der Waals surface area contributed by atoms with Crippen molar-refractivity contribution in [2.24, 2.45) is 5.73 Å². The summed E-state index contributed by atoms with van der Waals surface area (Å²) >= 11 is 0. The Morgan fingerprint density at radius 1 is 1.17 bits per heavy atom. The molecule has 0 spiro atoms. The maximum absolute atomic E-state index is 13.7. The molecule has 0 atom stereocenters. The molecule has 92 valence electrons. The fourth-order valence-corrected chi connectivity index (χ4v) is 1.53. The summed E-state index contributed by atoms with van der Waals surface area (Å²) in [6.07, 6.45) is 0. The van der Waals surface area contributed by atoms with Crippen LogP contribution < -0.4 is 10.5 Å². The highest BCUT2D eigenvalue weighted by Gasteiger charge is 2.07. The van der Waals surface area contributed by atoms with E-state index in [1.54, 1.807) is 49.4 Å². The molecule has 3 N–H and O–H groups in total. The summed E-state index contributed by atoms with van der Waals surface area (Å²) in [5.74, 6) is 0.312. The Morgan fingerprint density at radius 3 is 2.44 bits per heavy atom. The van der Waals surface area contributed by atoms with Gasteiger partial charge in [0.25, 0.3) is 0 Å². The molecule has 4 heteroatoms. The van der Waals surface area contributed by atoms with Crippen molar-refractivity contribution in [2.75, 3.05) is 0 Å². The minimum atomic E-state index is -0.367. The predicted molar refractivity (Wildman–Crippen MR) is 68.7 cm³/mol. The Hall–Kier alpha value is -2.36. The highest BCUT2D eigenvalue weighted by atomic mass is 19.1. The molecule has 2 aromatic rings. The second kappa shape index (κ2) is 4.87. The highest BCUT2D eigenvalue weighted by molar-refractivity contribution is 5.94. The third kappa shape index (κ3) is 2.48. The first-order valence-corrected chi connectivity index (χ1v) is 5.45. The Kier molecular flexibility index (Phi) is 3.28. The van der Waals surface area contributed by atoms with Crippen molar-refractivity contribution in [3.63, 3.8) is 0 Å². The van der Waals surface area contributed by atoms with Crippen LogP contribution in [0.3, 0.4) is 0 Å². The molecule has 0 saturated heterocycles. The SMILES string of the molecule is Cc1cccc(Oc2ccc(C(=N)N)cc2)c1F. The molecule has 0 bridgehead atoms. The van der Waals surface area contributed by atoms with E-state index in [1.165, 1.54) is 0 Å². The van der Waals surface area contributed by atoms with Gasteiger partial charge in [-0.2, -0.15) is 0 Å². The van der Waals surface area contributed by atoms with Crippen LogP contribution in [0.25, 0.3) is 0 Å². The lowest BCUT2D eigenvalue weighted by molar-refractivity contribution is 0.440. The number of hydrogen-bond acceptors (Lipinski definition) is 2. The summed E-state index contributed by atoms with van der Waals surface area (Å²) in [7, 11) is 0. The van der Waals surface area contributed by atoms with Crippen LogP contribution in [0.1, 0.15) is 11.1 Å². The standard InChI is InChI=1S/C14H13FN2O/c1-9-3-2-4-12(13(9)15)18-11-7-5-10(6-8-11)14(16)17/h2-8H,1H3,(H3,16,17). The van der Waals surface area contributed by atoms with Crippen molar-refractivity contribution in [1.29, 1.82) is 5.41 Å². The van der Waals surface area contributed by atoms with Crippen molar-refractivity contribution in [2.45, 2.75) is 6.92 Å². The summed E-state index contributed by atoms with van der Waals surface area (Å²) in [6, 6.07) is 11.6. The van der Waals surface area contributed by atoms with Gasteiger partial charge in [-0.1, -0.05) is 12.1 Å². The minimum absolute atomic E-state index is 0.0108. The number of aryl methyl sites for hydroxylation is 1. The van der Waals surface area contributed by atoms with Gasteiger partial charge >= 0.3 is 0 Å². The number of nitrogens with two attached hydrogens (primary N) is 1. The molecular formula is C14H13FN2O. The second-order valence-electron chi connectivity index (χ2n) is 3.93. The van der Waals surface area contributed by atoms with E-state index in [0.29, 0.717) is 16.9 Å². The van der Waals surface area contributed by atoms with E-state index in [1.807, 2.05) is 0 Å². The second-order valence-corrected chi connectivity index (χ2v) is 3.93. The highest BCUT2D eigenvalue weighted by Crippen LogP contribution is 2.26. The number of nitrogens with one attached hydrogen (secondary N) is 1. The predicted octanol–water partition coefficient (Wildman–Crippen LogP) is 3.21. The van der Waals surface area contributed by atoms with Crippen molar-refractivity contribution in [3.8, 4) is 11.5 Å². The average Bonchev–Trinajstić information content (AvgIpc) is 2.36. The van der Waals surface area contributed by atoms with Gasteiger partial charge in [-0.25, -0.2) is 4.39 Å². The van der Waals surface area contributed by atoms with E-state index < -0.39 is 0 Å². The van der Waals surface area contributed by atoms with Gasteiger partial charge in [-0.3, -0.25) is 5.41 Å². The first kappa shape index (κ1) is 12.1. The van der Waals surface area contributed by atoms with Gasteiger partial charge in [0.15, 0.2) is 11.6 Å². The Balaban J connectivity index is 2.24. The van der Waals surface area contributed by atoms with Crippen molar-refractivity contribution in [3.05, 3.63) is 59.4 Å². The van der Waals surface area contributed by atoms with Crippen LogP contribution >= 0.6 is 0 Å². The fourth-order valence-electron chi connectivity index (χ4n) is 1.53. The minimum Gasteiger partial charge on any atom is -0.454 e. The smallest absolute Gasteiger partial charge is 0.168 e. The molecule has 0 fully saturated rings.